The van der Waals surface area contributed by atoms with E-state index in [0.29, 0.717) is 0 Å². The average Bonchev–Trinajstić information content (AvgIpc) is 2.45. The molecule has 2 rings (SSSR count). The zero-order valence-electron chi connectivity index (χ0n) is 9.15. The predicted octanol–water partition coefficient (Wildman–Crippen LogP) is 3.74. The van der Waals surface area contributed by atoms with Crippen molar-refractivity contribution in [1.82, 2.24) is 4.98 Å². The molecule has 2 aromatic rings. The number of rotatable bonds is 2. The standard InChI is InChI=1S/C13H17N/c1-4-5-11-6-7-13-12(8-11)9(2)10(3)14-13/h6-8,14H,4-5H2,1-3H3. The Kier molecular flexibility index (Phi) is 2.32. The molecular formula is C13H17N. The number of aromatic amines is 1. The first kappa shape index (κ1) is 9.32. The maximum Gasteiger partial charge on any atom is 0.0458 e. The van der Waals surface area contributed by atoms with Crippen LogP contribution in [0, 0.1) is 13.8 Å². The van der Waals surface area contributed by atoms with Crippen molar-refractivity contribution < 1.29 is 0 Å². The Hall–Kier alpha value is -1.24. The smallest absolute Gasteiger partial charge is 0.0458 e. The van der Waals surface area contributed by atoms with Crippen molar-refractivity contribution >= 4 is 10.9 Å². The third-order valence-corrected chi connectivity index (χ3v) is 2.91. The molecule has 0 bridgehead atoms. The lowest BCUT2D eigenvalue weighted by Gasteiger charge is -1.99. The van der Waals surface area contributed by atoms with Crippen LogP contribution < -0.4 is 0 Å². The second-order valence-electron chi connectivity index (χ2n) is 4.00. The number of aryl methyl sites for hydroxylation is 3. The van der Waals surface area contributed by atoms with Crippen molar-refractivity contribution in [1.29, 1.82) is 0 Å². The van der Waals surface area contributed by atoms with Crippen molar-refractivity contribution in [3.8, 4) is 0 Å². The summed E-state index contributed by atoms with van der Waals surface area (Å²) < 4.78 is 0. The first-order chi connectivity index (χ1) is 6.72. The largest absolute Gasteiger partial charge is 0.358 e. The summed E-state index contributed by atoms with van der Waals surface area (Å²) in [6, 6.07) is 6.74. The van der Waals surface area contributed by atoms with Crippen molar-refractivity contribution in [3.63, 3.8) is 0 Å². The molecule has 0 saturated carbocycles. The summed E-state index contributed by atoms with van der Waals surface area (Å²) in [5.41, 5.74) is 5.38. The average molecular weight is 187 g/mol. The Balaban J connectivity index is 2.58. The van der Waals surface area contributed by atoms with Crippen LogP contribution in [0.3, 0.4) is 0 Å². The Labute approximate surface area is 85.1 Å². The number of nitrogens with one attached hydrogen (secondary N) is 1. The van der Waals surface area contributed by atoms with Gasteiger partial charge >= 0.3 is 0 Å². The van der Waals surface area contributed by atoms with Gasteiger partial charge in [-0.2, -0.15) is 0 Å². The van der Waals surface area contributed by atoms with Crippen LogP contribution in [0.1, 0.15) is 30.2 Å². The molecule has 1 heteroatoms. The van der Waals surface area contributed by atoms with Gasteiger partial charge in [-0.3, -0.25) is 0 Å². The number of benzene rings is 1. The maximum absolute atomic E-state index is 3.40. The van der Waals surface area contributed by atoms with E-state index < -0.39 is 0 Å². The first-order valence-electron chi connectivity index (χ1n) is 5.30. The molecule has 1 heterocycles. The summed E-state index contributed by atoms with van der Waals surface area (Å²) in [5.74, 6) is 0. The molecule has 14 heavy (non-hydrogen) atoms. The number of fused-ring (bicyclic) bond motifs is 1. The highest BCUT2D eigenvalue weighted by atomic mass is 14.7. The van der Waals surface area contributed by atoms with E-state index in [1.807, 2.05) is 0 Å². The molecule has 0 aliphatic heterocycles. The second-order valence-corrected chi connectivity index (χ2v) is 4.00. The molecule has 1 N–H and O–H groups in total. The lowest BCUT2D eigenvalue weighted by molar-refractivity contribution is 0.923. The molecule has 0 atom stereocenters. The van der Waals surface area contributed by atoms with Gasteiger partial charge in [-0.15, -0.1) is 0 Å². The quantitative estimate of drug-likeness (QED) is 0.737. The predicted molar refractivity (Wildman–Crippen MR) is 61.8 cm³/mol. The number of hydrogen-bond donors (Lipinski definition) is 1. The van der Waals surface area contributed by atoms with E-state index in [1.165, 1.54) is 40.6 Å². The van der Waals surface area contributed by atoms with Crippen LogP contribution in [0.15, 0.2) is 18.2 Å². The van der Waals surface area contributed by atoms with E-state index in [2.05, 4.69) is 44.0 Å². The Bertz CT molecular complexity index is 451. The van der Waals surface area contributed by atoms with Gasteiger partial charge in [-0.05, 0) is 43.5 Å². The van der Waals surface area contributed by atoms with Crippen LogP contribution in [-0.4, -0.2) is 4.98 Å². The number of H-pyrrole nitrogens is 1. The second kappa shape index (κ2) is 3.49. The molecule has 1 aromatic carbocycles. The van der Waals surface area contributed by atoms with Crippen LogP contribution in [0.5, 0.6) is 0 Å². The van der Waals surface area contributed by atoms with E-state index in [4.69, 9.17) is 0 Å². The summed E-state index contributed by atoms with van der Waals surface area (Å²) in [6.45, 7) is 6.54. The van der Waals surface area contributed by atoms with Crippen molar-refractivity contribution in [2.75, 3.05) is 0 Å². The van der Waals surface area contributed by atoms with Gasteiger partial charge in [-0.25, -0.2) is 0 Å². The van der Waals surface area contributed by atoms with Crippen molar-refractivity contribution in [3.05, 3.63) is 35.0 Å². The number of hydrogen-bond acceptors (Lipinski definition) is 0. The van der Waals surface area contributed by atoms with Crippen molar-refractivity contribution in [2.45, 2.75) is 33.6 Å². The SMILES string of the molecule is CCCc1ccc2[nH]c(C)c(C)c2c1. The van der Waals surface area contributed by atoms with Crippen LogP contribution >= 0.6 is 0 Å². The molecular weight excluding hydrogens is 170 g/mol. The highest BCUT2D eigenvalue weighted by molar-refractivity contribution is 5.84. The number of aromatic nitrogens is 1. The van der Waals surface area contributed by atoms with Crippen LogP contribution in [0.25, 0.3) is 10.9 Å². The zero-order chi connectivity index (χ0) is 10.1. The molecule has 0 amide bonds. The van der Waals surface area contributed by atoms with E-state index in [1.54, 1.807) is 0 Å². The minimum atomic E-state index is 1.18. The molecule has 1 nitrogen and oxygen atoms in total. The Morgan fingerprint density at radius 3 is 2.71 bits per heavy atom. The third kappa shape index (κ3) is 1.43. The highest BCUT2D eigenvalue weighted by Gasteiger charge is 2.03. The summed E-state index contributed by atoms with van der Waals surface area (Å²) in [7, 11) is 0. The Morgan fingerprint density at radius 1 is 1.21 bits per heavy atom. The third-order valence-electron chi connectivity index (χ3n) is 2.91. The minimum absolute atomic E-state index is 1.18. The summed E-state index contributed by atoms with van der Waals surface area (Å²) in [4.78, 5) is 3.40. The van der Waals surface area contributed by atoms with E-state index >= 15 is 0 Å². The molecule has 0 spiro atoms. The summed E-state index contributed by atoms with van der Waals surface area (Å²) >= 11 is 0. The van der Waals surface area contributed by atoms with E-state index in [9.17, 15) is 0 Å². The van der Waals surface area contributed by atoms with Gasteiger partial charge in [0.05, 0.1) is 0 Å². The lowest BCUT2D eigenvalue weighted by atomic mass is 10.1. The molecule has 1 aromatic heterocycles. The fourth-order valence-corrected chi connectivity index (χ4v) is 1.95. The molecule has 0 fully saturated rings. The highest BCUT2D eigenvalue weighted by Crippen LogP contribution is 2.22. The monoisotopic (exact) mass is 187 g/mol. The zero-order valence-corrected chi connectivity index (χ0v) is 9.15. The molecule has 74 valence electrons. The molecule has 0 radical (unpaired) electrons. The maximum atomic E-state index is 3.40. The van der Waals surface area contributed by atoms with Crippen molar-refractivity contribution in [2.24, 2.45) is 0 Å². The van der Waals surface area contributed by atoms with Gasteiger partial charge in [-0.1, -0.05) is 19.4 Å². The van der Waals surface area contributed by atoms with E-state index in [0.717, 1.165) is 0 Å². The first-order valence-corrected chi connectivity index (χ1v) is 5.30. The van der Waals surface area contributed by atoms with Gasteiger partial charge in [0.25, 0.3) is 0 Å². The summed E-state index contributed by atoms with van der Waals surface area (Å²) in [5, 5.41) is 1.38. The minimum Gasteiger partial charge on any atom is -0.358 e. The fourth-order valence-electron chi connectivity index (χ4n) is 1.95. The Morgan fingerprint density at radius 2 is 2.00 bits per heavy atom. The van der Waals surface area contributed by atoms with E-state index in [-0.39, 0.29) is 0 Å². The normalized spacial score (nSPS) is 11.1. The van der Waals surface area contributed by atoms with Gasteiger partial charge in [0.2, 0.25) is 0 Å². The summed E-state index contributed by atoms with van der Waals surface area (Å²) in [6.07, 6.45) is 2.40. The topological polar surface area (TPSA) is 15.8 Å². The van der Waals surface area contributed by atoms with Crippen LogP contribution in [0.4, 0.5) is 0 Å². The van der Waals surface area contributed by atoms with Gasteiger partial charge in [0.1, 0.15) is 0 Å². The van der Waals surface area contributed by atoms with Gasteiger partial charge < -0.3 is 4.98 Å². The molecule has 0 aliphatic rings. The molecule has 0 aliphatic carbocycles. The van der Waals surface area contributed by atoms with Gasteiger partial charge in [0, 0.05) is 16.6 Å². The molecule has 0 saturated heterocycles. The van der Waals surface area contributed by atoms with Crippen LogP contribution in [0.2, 0.25) is 0 Å². The lowest BCUT2D eigenvalue weighted by Crippen LogP contribution is -1.82. The molecule has 0 unspecified atom stereocenters. The van der Waals surface area contributed by atoms with Crippen LogP contribution in [-0.2, 0) is 6.42 Å². The fraction of sp³-hybridized carbons (Fsp3) is 0.385. The van der Waals surface area contributed by atoms with Gasteiger partial charge in [0.15, 0.2) is 0 Å².